The third kappa shape index (κ3) is 3.91. The third-order valence-electron chi connectivity index (χ3n) is 4.47. The summed E-state index contributed by atoms with van der Waals surface area (Å²) in [5.41, 5.74) is 4.31. The van der Waals surface area contributed by atoms with Crippen LogP contribution < -0.4 is 9.47 Å². The van der Waals surface area contributed by atoms with Crippen LogP contribution in [0.15, 0.2) is 67.0 Å². The van der Waals surface area contributed by atoms with Crippen molar-refractivity contribution in [2.24, 2.45) is 0 Å². The van der Waals surface area contributed by atoms with Gasteiger partial charge in [0.25, 0.3) is 0 Å². The van der Waals surface area contributed by atoms with Gasteiger partial charge in [-0.3, -0.25) is 0 Å². The predicted molar refractivity (Wildman–Crippen MR) is 108 cm³/mol. The Balaban J connectivity index is 1.51. The van der Waals surface area contributed by atoms with Gasteiger partial charge in [-0.25, -0.2) is 4.98 Å². The molecule has 2 heterocycles. The van der Waals surface area contributed by atoms with E-state index in [0.717, 1.165) is 40.1 Å². The van der Waals surface area contributed by atoms with Crippen LogP contribution in [0.5, 0.6) is 11.5 Å². The number of ether oxygens (including phenoxy) is 2. The van der Waals surface area contributed by atoms with E-state index in [1.54, 1.807) is 13.3 Å². The first-order valence-electron chi connectivity index (χ1n) is 8.68. The van der Waals surface area contributed by atoms with Gasteiger partial charge in [-0.1, -0.05) is 29.8 Å². The summed E-state index contributed by atoms with van der Waals surface area (Å²) in [6.07, 6.45) is 4.59. The molecule has 0 saturated heterocycles. The average Bonchev–Trinajstić information content (AvgIpc) is 3.11. The van der Waals surface area contributed by atoms with E-state index in [1.807, 2.05) is 48.7 Å². The SMILES string of the molecule is COc1cc(Cc2c[nH]c3ncccc23)ccc1OCc1ccc(Cl)cc1. The van der Waals surface area contributed by atoms with Crippen molar-refractivity contribution in [3.63, 3.8) is 0 Å². The molecule has 4 aromatic rings. The zero-order chi connectivity index (χ0) is 18.6. The predicted octanol–water partition coefficient (Wildman–Crippen LogP) is 5.39. The molecule has 0 amide bonds. The highest BCUT2D eigenvalue weighted by molar-refractivity contribution is 6.30. The molecular formula is C22H19ClN2O2. The van der Waals surface area contributed by atoms with Crippen molar-refractivity contribution in [3.05, 3.63) is 88.7 Å². The van der Waals surface area contributed by atoms with E-state index in [2.05, 4.69) is 22.1 Å². The molecule has 0 aliphatic carbocycles. The average molecular weight is 379 g/mol. The standard InChI is InChI=1S/C22H19ClN2O2/c1-26-21-12-16(11-17-13-25-22-19(17)3-2-10-24-22)6-9-20(21)27-14-15-4-7-18(23)8-5-15/h2-10,12-13H,11,14H2,1H3,(H,24,25). The minimum atomic E-state index is 0.459. The minimum absolute atomic E-state index is 0.459. The van der Waals surface area contributed by atoms with E-state index in [0.29, 0.717) is 11.6 Å². The summed E-state index contributed by atoms with van der Waals surface area (Å²) in [5, 5.41) is 1.85. The number of benzene rings is 2. The van der Waals surface area contributed by atoms with E-state index in [1.165, 1.54) is 5.56 Å². The number of nitrogens with one attached hydrogen (secondary N) is 1. The molecule has 0 unspecified atom stereocenters. The Hall–Kier alpha value is -2.98. The molecule has 0 fully saturated rings. The van der Waals surface area contributed by atoms with E-state index in [4.69, 9.17) is 21.1 Å². The normalized spacial score (nSPS) is 10.9. The van der Waals surface area contributed by atoms with E-state index >= 15 is 0 Å². The summed E-state index contributed by atoms with van der Waals surface area (Å²) in [6, 6.07) is 17.7. The molecule has 5 heteroatoms. The topological polar surface area (TPSA) is 47.1 Å². The number of hydrogen-bond acceptors (Lipinski definition) is 3. The Morgan fingerprint density at radius 2 is 1.81 bits per heavy atom. The molecule has 2 aromatic heterocycles. The van der Waals surface area contributed by atoms with Crippen molar-refractivity contribution in [1.82, 2.24) is 9.97 Å². The molecule has 4 nitrogen and oxygen atoms in total. The largest absolute Gasteiger partial charge is 0.493 e. The molecule has 0 spiro atoms. The lowest BCUT2D eigenvalue weighted by Gasteiger charge is -2.12. The molecular weight excluding hydrogens is 360 g/mol. The van der Waals surface area contributed by atoms with Crippen LogP contribution in [-0.2, 0) is 13.0 Å². The highest BCUT2D eigenvalue weighted by Crippen LogP contribution is 2.30. The van der Waals surface area contributed by atoms with Gasteiger partial charge in [0.05, 0.1) is 7.11 Å². The van der Waals surface area contributed by atoms with Gasteiger partial charge in [-0.2, -0.15) is 0 Å². The first-order chi connectivity index (χ1) is 13.2. The zero-order valence-corrected chi connectivity index (χ0v) is 15.7. The van der Waals surface area contributed by atoms with Gasteiger partial charge >= 0.3 is 0 Å². The quantitative estimate of drug-likeness (QED) is 0.489. The number of nitrogens with zero attached hydrogens (tertiary/aromatic N) is 1. The summed E-state index contributed by atoms with van der Waals surface area (Å²) in [4.78, 5) is 7.56. The van der Waals surface area contributed by atoms with E-state index < -0.39 is 0 Å². The second-order valence-corrected chi connectivity index (χ2v) is 6.73. The zero-order valence-electron chi connectivity index (χ0n) is 14.9. The molecule has 0 aliphatic heterocycles. The van der Waals surface area contributed by atoms with Crippen LogP contribution in [0.1, 0.15) is 16.7 Å². The van der Waals surface area contributed by atoms with Gasteiger partial charge < -0.3 is 14.5 Å². The first-order valence-corrected chi connectivity index (χ1v) is 9.06. The van der Waals surface area contributed by atoms with Crippen LogP contribution in [-0.4, -0.2) is 17.1 Å². The lowest BCUT2D eigenvalue weighted by atomic mass is 10.0. The van der Waals surface area contributed by atoms with Crippen molar-refractivity contribution in [2.75, 3.05) is 7.11 Å². The van der Waals surface area contributed by atoms with Gasteiger partial charge in [-0.05, 0) is 59.5 Å². The third-order valence-corrected chi connectivity index (χ3v) is 4.72. The van der Waals surface area contributed by atoms with Crippen LogP contribution in [0.4, 0.5) is 0 Å². The Bertz CT molecular complexity index is 1060. The van der Waals surface area contributed by atoms with Gasteiger partial charge in [0.2, 0.25) is 0 Å². The number of methoxy groups -OCH3 is 1. The smallest absolute Gasteiger partial charge is 0.161 e. The van der Waals surface area contributed by atoms with Crippen LogP contribution >= 0.6 is 11.6 Å². The molecule has 4 rings (SSSR count). The van der Waals surface area contributed by atoms with Crippen molar-refractivity contribution in [2.45, 2.75) is 13.0 Å². The lowest BCUT2D eigenvalue weighted by molar-refractivity contribution is 0.284. The number of rotatable bonds is 6. The first kappa shape index (κ1) is 17.4. The number of aromatic nitrogens is 2. The number of hydrogen-bond donors (Lipinski definition) is 1. The van der Waals surface area contributed by atoms with E-state index in [9.17, 15) is 0 Å². The second-order valence-electron chi connectivity index (χ2n) is 6.29. The van der Waals surface area contributed by atoms with Crippen molar-refractivity contribution in [1.29, 1.82) is 0 Å². The Morgan fingerprint density at radius 1 is 1.00 bits per heavy atom. The maximum absolute atomic E-state index is 5.93. The molecule has 136 valence electrons. The summed E-state index contributed by atoms with van der Waals surface area (Å²) in [7, 11) is 1.66. The van der Waals surface area contributed by atoms with Gasteiger partial charge in [0.15, 0.2) is 11.5 Å². The molecule has 0 aliphatic rings. The summed E-state index contributed by atoms with van der Waals surface area (Å²) in [5.74, 6) is 1.44. The number of halogens is 1. The van der Waals surface area contributed by atoms with Gasteiger partial charge in [0, 0.05) is 22.8 Å². The Morgan fingerprint density at radius 3 is 2.63 bits per heavy atom. The number of fused-ring (bicyclic) bond motifs is 1. The van der Waals surface area contributed by atoms with Crippen LogP contribution in [0.25, 0.3) is 11.0 Å². The van der Waals surface area contributed by atoms with Crippen LogP contribution in [0.2, 0.25) is 5.02 Å². The monoisotopic (exact) mass is 378 g/mol. The Kier molecular flexibility index (Phi) is 4.99. The number of pyridine rings is 1. The highest BCUT2D eigenvalue weighted by Gasteiger charge is 2.09. The molecule has 0 saturated carbocycles. The highest BCUT2D eigenvalue weighted by atomic mass is 35.5. The summed E-state index contributed by atoms with van der Waals surface area (Å²) in [6.45, 7) is 0.459. The number of aromatic amines is 1. The second kappa shape index (κ2) is 7.72. The fourth-order valence-electron chi connectivity index (χ4n) is 3.06. The maximum atomic E-state index is 5.93. The maximum Gasteiger partial charge on any atom is 0.161 e. The molecule has 27 heavy (non-hydrogen) atoms. The molecule has 2 aromatic carbocycles. The van der Waals surface area contributed by atoms with Gasteiger partial charge in [-0.15, -0.1) is 0 Å². The molecule has 0 bridgehead atoms. The summed E-state index contributed by atoms with van der Waals surface area (Å²) >= 11 is 5.92. The van der Waals surface area contributed by atoms with E-state index in [-0.39, 0.29) is 0 Å². The van der Waals surface area contributed by atoms with Crippen molar-refractivity contribution >= 4 is 22.6 Å². The molecule has 0 atom stereocenters. The lowest BCUT2D eigenvalue weighted by Crippen LogP contribution is -1.98. The molecule has 1 N–H and O–H groups in total. The Labute approximate surface area is 162 Å². The van der Waals surface area contributed by atoms with Gasteiger partial charge in [0.1, 0.15) is 12.3 Å². The fraction of sp³-hybridized carbons (Fsp3) is 0.136. The van der Waals surface area contributed by atoms with Crippen LogP contribution in [0, 0.1) is 0 Å². The number of H-pyrrole nitrogens is 1. The molecule has 0 radical (unpaired) electrons. The minimum Gasteiger partial charge on any atom is -0.493 e. The van der Waals surface area contributed by atoms with Crippen molar-refractivity contribution < 1.29 is 9.47 Å². The van der Waals surface area contributed by atoms with Crippen molar-refractivity contribution in [3.8, 4) is 11.5 Å². The van der Waals surface area contributed by atoms with Crippen LogP contribution in [0.3, 0.4) is 0 Å². The fourth-order valence-corrected chi connectivity index (χ4v) is 3.19. The summed E-state index contributed by atoms with van der Waals surface area (Å²) < 4.78 is 11.5.